The lowest BCUT2D eigenvalue weighted by atomic mass is 10.1. The smallest absolute Gasteiger partial charge is 0.331 e. The number of piperazine rings is 1. The SMILES string of the molecule is Cn1c(=O)c2[nH]c(-c3ccc(S(=O)(=O)N4CCN(Cc5ccccc5)CC4)cc3)cc2n(CCc2ccccc2)c1=O. The topological polar surface area (TPSA) is 100 Å². The van der Waals surface area contributed by atoms with Crippen molar-refractivity contribution in [2.24, 2.45) is 7.05 Å². The van der Waals surface area contributed by atoms with Crippen LogP contribution in [0.5, 0.6) is 0 Å². The van der Waals surface area contributed by atoms with Crippen molar-refractivity contribution in [3.63, 3.8) is 0 Å². The highest BCUT2D eigenvalue weighted by Gasteiger charge is 2.28. The molecule has 1 aliphatic heterocycles. The van der Waals surface area contributed by atoms with Crippen LogP contribution in [0.4, 0.5) is 0 Å². The Balaban J connectivity index is 1.21. The van der Waals surface area contributed by atoms with Gasteiger partial charge in [0.1, 0.15) is 5.52 Å². The van der Waals surface area contributed by atoms with Gasteiger partial charge in [0.15, 0.2) is 0 Å². The van der Waals surface area contributed by atoms with Gasteiger partial charge in [-0.05, 0) is 41.3 Å². The molecule has 1 saturated heterocycles. The van der Waals surface area contributed by atoms with E-state index in [4.69, 9.17) is 0 Å². The fraction of sp³-hybridized carbons (Fsp3) is 0.250. The molecule has 3 aromatic carbocycles. The minimum absolute atomic E-state index is 0.231. The first-order valence-electron chi connectivity index (χ1n) is 14.0. The molecule has 0 atom stereocenters. The second-order valence-electron chi connectivity index (χ2n) is 10.7. The van der Waals surface area contributed by atoms with Gasteiger partial charge in [0.2, 0.25) is 10.0 Å². The molecule has 6 rings (SSSR count). The standard InChI is InChI=1S/C32H33N5O4S/c1-34-31(38)30-29(37(32(34)39)17-16-24-8-4-2-5-9-24)22-28(33-30)26-12-14-27(15-13-26)42(40,41)36-20-18-35(19-21-36)23-25-10-6-3-7-11-25/h2-15,22,33H,16-21,23H2,1H3. The second kappa shape index (κ2) is 11.6. The minimum atomic E-state index is -3.64. The van der Waals surface area contributed by atoms with Crippen molar-refractivity contribution in [2.75, 3.05) is 26.2 Å². The first-order valence-corrected chi connectivity index (χ1v) is 15.5. The Morgan fingerprint density at radius 3 is 2.05 bits per heavy atom. The fourth-order valence-electron chi connectivity index (χ4n) is 5.54. The lowest BCUT2D eigenvalue weighted by Gasteiger charge is -2.34. The molecular weight excluding hydrogens is 550 g/mol. The van der Waals surface area contributed by atoms with Gasteiger partial charge >= 0.3 is 5.69 Å². The number of aryl methyl sites for hydroxylation is 2. The summed E-state index contributed by atoms with van der Waals surface area (Å²) in [6.07, 6.45) is 0.641. The van der Waals surface area contributed by atoms with Crippen LogP contribution in [0.25, 0.3) is 22.3 Å². The summed E-state index contributed by atoms with van der Waals surface area (Å²) < 4.78 is 31.1. The molecule has 2 aromatic heterocycles. The van der Waals surface area contributed by atoms with Gasteiger partial charge in [0.05, 0.1) is 10.4 Å². The number of hydrogen-bond acceptors (Lipinski definition) is 5. The zero-order valence-corrected chi connectivity index (χ0v) is 24.3. The van der Waals surface area contributed by atoms with Gasteiger partial charge in [-0.2, -0.15) is 4.31 Å². The Morgan fingerprint density at radius 1 is 0.786 bits per heavy atom. The maximum atomic E-state index is 13.4. The van der Waals surface area contributed by atoms with Crippen LogP contribution in [-0.2, 0) is 36.6 Å². The Hall–Kier alpha value is -4.25. The fourth-order valence-corrected chi connectivity index (χ4v) is 6.96. The van der Waals surface area contributed by atoms with E-state index in [2.05, 4.69) is 22.0 Å². The van der Waals surface area contributed by atoms with Crippen molar-refractivity contribution in [2.45, 2.75) is 24.4 Å². The van der Waals surface area contributed by atoms with Crippen LogP contribution in [0.3, 0.4) is 0 Å². The highest BCUT2D eigenvalue weighted by atomic mass is 32.2. The average Bonchev–Trinajstić information content (AvgIpc) is 3.47. The number of benzene rings is 3. The molecule has 0 saturated carbocycles. The summed E-state index contributed by atoms with van der Waals surface area (Å²) in [5, 5.41) is 0. The van der Waals surface area contributed by atoms with Crippen LogP contribution < -0.4 is 11.2 Å². The number of fused-ring (bicyclic) bond motifs is 1. The molecule has 3 heterocycles. The summed E-state index contributed by atoms with van der Waals surface area (Å²) in [5.74, 6) is 0. The van der Waals surface area contributed by atoms with Crippen molar-refractivity contribution in [1.29, 1.82) is 0 Å². The Kier molecular flexibility index (Phi) is 7.68. The quantitative estimate of drug-likeness (QED) is 0.302. The number of hydrogen-bond donors (Lipinski definition) is 1. The Bertz CT molecular complexity index is 1920. The van der Waals surface area contributed by atoms with E-state index in [-0.39, 0.29) is 10.6 Å². The maximum Gasteiger partial charge on any atom is 0.331 e. The van der Waals surface area contributed by atoms with E-state index >= 15 is 0 Å². The number of aromatic nitrogens is 3. The van der Waals surface area contributed by atoms with Crippen molar-refractivity contribution in [3.05, 3.63) is 123 Å². The third-order valence-corrected chi connectivity index (χ3v) is 9.89. The zero-order valence-electron chi connectivity index (χ0n) is 23.4. The lowest BCUT2D eigenvalue weighted by molar-refractivity contribution is 0.181. The van der Waals surface area contributed by atoms with Crippen LogP contribution >= 0.6 is 0 Å². The third-order valence-electron chi connectivity index (χ3n) is 7.97. The van der Waals surface area contributed by atoms with E-state index < -0.39 is 15.6 Å². The number of aromatic amines is 1. The number of H-pyrrole nitrogens is 1. The number of nitrogens with zero attached hydrogens (tertiary/aromatic N) is 4. The Morgan fingerprint density at radius 2 is 1.40 bits per heavy atom. The average molecular weight is 584 g/mol. The lowest BCUT2D eigenvalue weighted by Crippen LogP contribution is -2.48. The van der Waals surface area contributed by atoms with Crippen LogP contribution in [0.1, 0.15) is 11.1 Å². The molecule has 10 heteroatoms. The van der Waals surface area contributed by atoms with E-state index in [9.17, 15) is 18.0 Å². The molecule has 1 aliphatic rings. The number of rotatable bonds is 8. The molecule has 9 nitrogen and oxygen atoms in total. The van der Waals surface area contributed by atoms with Gasteiger partial charge in [0.25, 0.3) is 5.56 Å². The first kappa shape index (κ1) is 27.9. The minimum Gasteiger partial charge on any atom is -0.349 e. The molecule has 5 aromatic rings. The number of sulfonamides is 1. The Labute approximate surface area is 244 Å². The monoisotopic (exact) mass is 583 g/mol. The van der Waals surface area contributed by atoms with E-state index in [1.54, 1.807) is 39.2 Å². The second-order valence-corrected chi connectivity index (χ2v) is 12.6. The maximum absolute atomic E-state index is 13.4. The summed E-state index contributed by atoms with van der Waals surface area (Å²) >= 11 is 0. The van der Waals surface area contributed by atoms with Crippen LogP contribution in [0, 0.1) is 0 Å². The van der Waals surface area contributed by atoms with Gasteiger partial charge in [-0.3, -0.25) is 18.8 Å². The van der Waals surface area contributed by atoms with Gasteiger partial charge in [-0.15, -0.1) is 0 Å². The molecule has 0 bridgehead atoms. The summed E-state index contributed by atoms with van der Waals surface area (Å²) in [5.41, 5.74) is 3.76. The molecule has 0 amide bonds. The summed E-state index contributed by atoms with van der Waals surface area (Å²) in [6, 6.07) is 28.5. The zero-order chi connectivity index (χ0) is 29.3. The van der Waals surface area contributed by atoms with Crippen LogP contribution in [0.15, 0.2) is 105 Å². The normalized spacial score (nSPS) is 14.9. The highest BCUT2D eigenvalue weighted by molar-refractivity contribution is 7.89. The van der Waals surface area contributed by atoms with Gasteiger partial charge < -0.3 is 4.98 Å². The van der Waals surface area contributed by atoms with E-state index in [0.29, 0.717) is 55.9 Å². The van der Waals surface area contributed by atoms with Gasteiger partial charge in [-0.1, -0.05) is 72.8 Å². The van der Waals surface area contributed by atoms with Crippen LogP contribution in [-0.4, -0.2) is 57.9 Å². The molecule has 42 heavy (non-hydrogen) atoms. The van der Waals surface area contributed by atoms with Gasteiger partial charge in [-0.25, -0.2) is 13.2 Å². The van der Waals surface area contributed by atoms with Crippen molar-refractivity contribution < 1.29 is 8.42 Å². The largest absolute Gasteiger partial charge is 0.349 e. The van der Waals surface area contributed by atoms with E-state index in [1.807, 2.05) is 48.5 Å². The molecule has 0 aliphatic carbocycles. The summed E-state index contributed by atoms with van der Waals surface area (Å²) in [7, 11) is -2.17. The molecule has 0 radical (unpaired) electrons. The van der Waals surface area contributed by atoms with Crippen molar-refractivity contribution in [1.82, 2.24) is 23.3 Å². The highest BCUT2D eigenvalue weighted by Crippen LogP contribution is 2.25. The first-order chi connectivity index (χ1) is 20.3. The molecule has 0 spiro atoms. The molecule has 1 fully saturated rings. The van der Waals surface area contributed by atoms with Crippen molar-refractivity contribution >= 4 is 21.1 Å². The number of nitrogens with one attached hydrogen (secondary N) is 1. The predicted molar refractivity (Wildman–Crippen MR) is 164 cm³/mol. The van der Waals surface area contributed by atoms with E-state index in [1.165, 1.54) is 12.6 Å². The third kappa shape index (κ3) is 5.48. The summed E-state index contributed by atoms with van der Waals surface area (Å²) in [4.78, 5) is 31.6. The molecular formula is C32H33N5O4S. The predicted octanol–water partition coefficient (Wildman–Crippen LogP) is 3.44. The molecule has 1 N–H and O–H groups in total. The van der Waals surface area contributed by atoms with Crippen molar-refractivity contribution in [3.8, 4) is 11.3 Å². The molecule has 0 unspecified atom stereocenters. The van der Waals surface area contributed by atoms with Gasteiger partial charge in [0, 0.05) is 52.0 Å². The summed E-state index contributed by atoms with van der Waals surface area (Å²) in [6.45, 7) is 3.42. The van der Waals surface area contributed by atoms with Crippen LogP contribution in [0.2, 0.25) is 0 Å². The van der Waals surface area contributed by atoms with E-state index in [0.717, 1.165) is 22.2 Å². The molecule has 216 valence electrons.